The summed E-state index contributed by atoms with van der Waals surface area (Å²) in [5, 5.41) is 9.51. The Morgan fingerprint density at radius 1 is 1.28 bits per heavy atom. The molecule has 2 atom stereocenters. The van der Waals surface area contributed by atoms with Crippen LogP contribution < -0.4 is 4.74 Å². The van der Waals surface area contributed by atoms with Gasteiger partial charge in [-0.15, -0.1) is 0 Å². The Hall–Kier alpha value is -1.28. The molecule has 18 heavy (non-hydrogen) atoms. The molecule has 1 aliphatic heterocycles. The maximum absolute atomic E-state index is 9.51. The Labute approximate surface area is 109 Å². The van der Waals surface area contributed by atoms with E-state index in [9.17, 15) is 5.11 Å². The summed E-state index contributed by atoms with van der Waals surface area (Å²) >= 11 is 0. The highest BCUT2D eigenvalue weighted by Crippen LogP contribution is 2.29. The smallest absolute Gasteiger partial charge is 0.127 e. The van der Waals surface area contributed by atoms with Crippen LogP contribution in [-0.4, -0.2) is 17.8 Å². The number of hydrogen-bond acceptors (Lipinski definition) is 2. The minimum atomic E-state index is 0.0155. The average Bonchev–Trinajstić information content (AvgIpc) is 2.43. The standard InChI is InChI=1S/C16H22O2/c1-2-3-4-8-14(12-17)16-11-10-13-7-5-6-9-15(13)18-16/h5-7,9-11,14,16-17H,2-4,8,12H2,1H3. The van der Waals surface area contributed by atoms with Crippen molar-refractivity contribution in [3.8, 4) is 5.75 Å². The molecule has 0 saturated carbocycles. The van der Waals surface area contributed by atoms with Crippen LogP contribution in [0.5, 0.6) is 5.75 Å². The normalized spacial score (nSPS) is 19.1. The Morgan fingerprint density at radius 2 is 2.11 bits per heavy atom. The molecule has 2 nitrogen and oxygen atoms in total. The minimum Gasteiger partial charge on any atom is -0.485 e. The number of fused-ring (bicyclic) bond motifs is 1. The molecule has 0 saturated heterocycles. The predicted octanol–water partition coefficient (Wildman–Crippen LogP) is 3.65. The number of aliphatic hydroxyl groups is 1. The maximum Gasteiger partial charge on any atom is 0.127 e. The van der Waals surface area contributed by atoms with Crippen LogP contribution in [0.2, 0.25) is 0 Å². The number of aliphatic hydroxyl groups excluding tert-OH is 1. The Morgan fingerprint density at radius 3 is 2.89 bits per heavy atom. The zero-order valence-corrected chi connectivity index (χ0v) is 11.0. The van der Waals surface area contributed by atoms with Gasteiger partial charge in [0.05, 0.1) is 0 Å². The van der Waals surface area contributed by atoms with Crippen LogP contribution in [0.4, 0.5) is 0 Å². The van der Waals surface area contributed by atoms with E-state index in [1.165, 1.54) is 12.8 Å². The Balaban J connectivity index is 1.98. The van der Waals surface area contributed by atoms with Gasteiger partial charge in [0.25, 0.3) is 0 Å². The summed E-state index contributed by atoms with van der Waals surface area (Å²) in [6, 6.07) is 8.04. The molecular formula is C16H22O2. The first kappa shape index (κ1) is 13.2. The summed E-state index contributed by atoms with van der Waals surface area (Å²) in [6.45, 7) is 2.39. The van der Waals surface area contributed by atoms with Crippen molar-refractivity contribution in [1.82, 2.24) is 0 Å². The van der Waals surface area contributed by atoms with Crippen LogP contribution in [0.15, 0.2) is 30.3 Å². The molecule has 0 aliphatic carbocycles. The molecule has 0 amide bonds. The Bertz CT molecular complexity index is 398. The first-order valence-electron chi connectivity index (χ1n) is 6.90. The molecule has 0 fully saturated rings. The topological polar surface area (TPSA) is 29.5 Å². The first-order valence-corrected chi connectivity index (χ1v) is 6.90. The van der Waals surface area contributed by atoms with Gasteiger partial charge in [0.1, 0.15) is 11.9 Å². The molecule has 1 aromatic carbocycles. The molecule has 0 bridgehead atoms. The van der Waals surface area contributed by atoms with Crippen molar-refractivity contribution in [3.63, 3.8) is 0 Å². The lowest BCUT2D eigenvalue weighted by Gasteiger charge is -2.27. The molecule has 2 unspecified atom stereocenters. The third-order valence-electron chi connectivity index (χ3n) is 3.53. The minimum absolute atomic E-state index is 0.0155. The van der Waals surface area contributed by atoms with E-state index in [2.05, 4.69) is 19.1 Å². The van der Waals surface area contributed by atoms with Crippen LogP contribution in [0.25, 0.3) is 6.08 Å². The molecule has 98 valence electrons. The third kappa shape index (κ3) is 3.14. The number of hydrogen-bond donors (Lipinski definition) is 1. The van der Waals surface area contributed by atoms with Crippen molar-refractivity contribution in [1.29, 1.82) is 0 Å². The van der Waals surface area contributed by atoms with E-state index in [1.807, 2.05) is 24.3 Å². The van der Waals surface area contributed by atoms with Crippen molar-refractivity contribution in [3.05, 3.63) is 35.9 Å². The lowest BCUT2D eigenvalue weighted by molar-refractivity contribution is 0.108. The molecule has 1 N–H and O–H groups in total. The third-order valence-corrected chi connectivity index (χ3v) is 3.53. The largest absolute Gasteiger partial charge is 0.485 e. The number of unbranched alkanes of at least 4 members (excludes halogenated alkanes) is 2. The van der Waals surface area contributed by atoms with Crippen LogP contribution in [-0.2, 0) is 0 Å². The van der Waals surface area contributed by atoms with Gasteiger partial charge in [-0.05, 0) is 18.6 Å². The number of ether oxygens (including phenoxy) is 1. The molecular weight excluding hydrogens is 224 g/mol. The zero-order chi connectivity index (χ0) is 12.8. The van der Waals surface area contributed by atoms with Gasteiger partial charge in [-0.2, -0.15) is 0 Å². The van der Waals surface area contributed by atoms with Crippen molar-refractivity contribution < 1.29 is 9.84 Å². The van der Waals surface area contributed by atoms with E-state index in [0.29, 0.717) is 0 Å². The quantitative estimate of drug-likeness (QED) is 0.776. The summed E-state index contributed by atoms with van der Waals surface area (Å²) in [5.41, 5.74) is 1.12. The van der Waals surface area contributed by atoms with Gasteiger partial charge in [-0.1, -0.05) is 50.5 Å². The number of benzene rings is 1. The monoisotopic (exact) mass is 246 g/mol. The summed E-state index contributed by atoms with van der Waals surface area (Å²) in [4.78, 5) is 0. The van der Waals surface area contributed by atoms with Crippen LogP contribution in [0, 0.1) is 5.92 Å². The highest BCUT2D eigenvalue weighted by Gasteiger charge is 2.23. The Kier molecular flexibility index (Phi) is 4.82. The predicted molar refractivity (Wildman–Crippen MR) is 74.6 cm³/mol. The fraction of sp³-hybridized carbons (Fsp3) is 0.500. The average molecular weight is 246 g/mol. The van der Waals surface area contributed by atoms with Crippen LogP contribution in [0.3, 0.4) is 0 Å². The molecule has 0 aromatic heterocycles. The van der Waals surface area contributed by atoms with Crippen molar-refractivity contribution in [2.24, 2.45) is 5.92 Å². The van der Waals surface area contributed by atoms with Gasteiger partial charge < -0.3 is 9.84 Å². The van der Waals surface area contributed by atoms with Crippen molar-refractivity contribution >= 4 is 6.08 Å². The van der Waals surface area contributed by atoms with E-state index < -0.39 is 0 Å². The van der Waals surface area contributed by atoms with Gasteiger partial charge in [0.2, 0.25) is 0 Å². The molecule has 2 rings (SSSR count). The van der Waals surface area contributed by atoms with Gasteiger partial charge >= 0.3 is 0 Å². The number of rotatable bonds is 6. The summed E-state index contributed by atoms with van der Waals surface area (Å²) in [5.74, 6) is 1.14. The lowest BCUT2D eigenvalue weighted by atomic mass is 9.94. The SMILES string of the molecule is CCCCCC(CO)C1C=Cc2ccccc2O1. The molecule has 1 aromatic rings. The fourth-order valence-electron chi connectivity index (χ4n) is 2.38. The number of para-hydroxylation sites is 1. The second-order valence-corrected chi connectivity index (χ2v) is 4.92. The van der Waals surface area contributed by atoms with E-state index in [4.69, 9.17) is 4.74 Å². The van der Waals surface area contributed by atoms with E-state index in [1.54, 1.807) is 0 Å². The van der Waals surface area contributed by atoms with Crippen LogP contribution in [0.1, 0.15) is 38.2 Å². The lowest BCUT2D eigenvalue weighted by Crippen LogP contribution is -2.29. The van der Waals surface area contributed by atoms with Gasteiger partial charge in [0.15, 0.2) is 0 Å². The van der Waals surface area contributed by atoms with Crippen molar-refractivity contribution in [2.45, 2.75) is 38.7 Å². The second-order valence-electron chi connectivity index (χ2n) is 4.92. The molecule has 0 spiro atoms. The fourth-order valence-corrected chi connectivity index (χ4v) is 2.38. The van der Waals surface area contributed by atoms with Crippen LogP contribution >= 0.6 is 0 Å². The molecule has 1 heterocycles. The van der Waals surface area contributed by atoms with Crippen molar-refractivity contribution in [2.75, 3.05) is 6.61 Å². The summed E-state index contributed by atoms with van der Waals surface area (Å²) in [6.07, 6.45) is 8.83. The van der Waals surface area contributed by atoms with Gasteiger partial charge in [0, 0.05) is 18.1 Å². The second kappa shape index (κ2) is 6.60. The molecule has 2 heteroatoms. The van der Waals surface area contributed by atoms with E-state index >= 15 is 0 Å². The van der Waals surface area contributed by atoms with Gasteiger partial charge in [-0.3, -0.25) is 0 Å². The zero-order valence-electron chi connectivity index (χ0n) is 11.0. The maximum atomic E-state index is 9.51. The molecule has 0 radical (unpaired) electrons. The highest BCUT2D eigenvalue weighted by molar-refractivity contribution is 5.59. The highest BCUT2D eigenvalue weighted by atomic mass is 16.5. The van der Waals surface area contributed by atoms with E-state index in [0.717, 1.165) is 24.2 Å². The van der Waals surface area contributed by atoms with Gasteiger partial charge in [-0.25, -0.2) is 0 Å². The first-order chi connectivity index (χ1) is 8.85. The summed E-state index contributed by atoms with van der Waals surface area (Å²) in [7, 11) is 0. The van der Waals surface area contributed by atoms with E-state index in [-0.39, 0.29) is 18.6 Å². The summed E-state index contributed by atoms with van der Waals surface area (Å²) < 4.78 is 5.97. The molecule has 1 aliphatic rings.